The maximum absolute atomic E-state index is 13.3. The number of aryl methyl sites for hydroxylation is 1. The van der Waals surface area contributed by atoms with Crippen molar-refractivity contribution in [1.82, 2.24) is 35.5 Å². The van der Waals surface area contributed by atoms with Crippen LogP contribution in [-0.2, 0) is 20.7 Å². The van der Waals surface area contributed by atoms with Crippen molar-refractivity contribution in [3.05, 3.63) is 65.3 Å². The average Bonchev–Trinajstić information content (AvgIpc) is 3.70. The Bertz CT molecular complexity index is 1610. The van der Waals surface area contributed by atoms with Crippen molar-refractivity contribution in [2.75, 3.05) is 17.7 Å². The second kappa shape index (κ2) is 13.5. The van der Waals surface area contributed by atoms with Gasteiger partial charge in [0.2, 0.25) is 11.8 Å². The maximum Gasteiger partial charge on any atom is 0.411 e. The van der Waals surface area contributed by atoms with Gasteiger partial charge in [-0.1, -0.05) is 18.5 Å². The Morgan fingerprint density at radius 3 is 2.81 bits per heavy atom. The van der Waals surface area contributed by atoms with Gasteiger partial charge in [-0.15, -0.1) is 5.10 Å². The van der Waals surface area contributed by atoms with Gasteiger partial charge in [0.15, 0.2) is 0 Å². The number of H-pyrrole nitrogens is 1. The molecular formula is C29H32ClN9O4. The molecule has 13 nitrogen and oxygen atoms in total. The summed E-state index contributed by atoms with van der Waals surface area (Å²) in [6.45, 7) is 2.09. The Kier molecular flexibility index (Phi) is 9.30. The summed E-state index contributed by atoms with van der Waals surface area (Å²) in [7, 11) is 1.28. The number of imidazole rings is 1. The molecular weight excluding hydrogens is 574 g/mol. The van der Waals surface area contributed by atoms with E-state index in [1.54, 1.807) is 30.5 Å². The zero-order valence-electron chi connectivity index (χ0n) is 23.8. The molecule has 0 saturated heterocycles. The first-order valence-electron chi connectivity index (χ1n) is 13.9. The van der Waals surface area contributed by atoms with E-state index in [4.69, 9.17) is 16.3 Å². The van der Waals surface area contributed by atoms with Gasteiger partial charge in [0.25, 0.3) is 0 Å². The number of hydrogen-bond acceptors (Lipinski definition) is 8. The number of tetrazole rings is 1. The van der Waals surface area contributed by atoms with E-state index in [9.17, 15) is 14.4 Å². The lowest BCUT2D eigenvalue weighted by molar-refractivity contribution is -0.122. The summed E-state index contributed by atoms with van der Waals surface area (Å²) in [5, 5.41) is 20.7. The van der Waals surface area contributed by atoms with E-state index in [2.05, 4.69) is 48.4 Å². The lowest BCUT2D eigenvalue weighted by Crippen LogP contribution is -2.30. The number of rotatable bonds is 6. The van der Waals surface area contributed by atoms with Gasteiger partial charge in [-0.25, -0.2) is 14.5 Å². The predicted molar refractivity (Wildman–Crippen MR) is 160 cm³/mol. The fourth-order valence-corrected chi connectivity index (χ4v) is 5.20. The molecule has 2 atom stereocenters. The van der Waals surface area contributed by atoms with Crippen LogP contribution in [-0.4, -0.2) is 55.2 Å². The van der Waals surface area contributed by atoms with Gasteiger partial charge in [0, 0.05) is 29.1 Å². The Labute approximate surface area is 252 Å². The minimum Gasteiger partial charge on any atom is -0.453 e. The molecule has 43 heavy (non-hydrogen) atoms. The second-order valence-corrected chi connectivity index (χ2v) is 10.9. The van der Waals surface area contributed by atoms with Crippen LogP contribution < -0.4 is 16.0 Å². The van der Waals surface area contributed by atoms with E-state index >= 15 is 0 Å². The van der Waals surface area contributed by atoms with Crippen molar-refractivity contribution in [3.63, 3.8) is 0 Å². The third-order valence-electron chi connectivity index (χ3n) is 7.35. The normalized spacial score (nSPS) is 17.0. The van der Waals surface area contributed by atoms with Crippen molar-refractivity contribution < 1.29 is 19.1 Å². The number of nitrogens with one attached hydrogen (secondary N) is 4. The molecule has 4 N–H and O–H groups in total. The molecule has 0 aliphatic carbocycles. The predicted octanol–water partition coefficient (Wildman–Crippen LogP) is 4.82. The molecule has 0 spiro atoms. The van der Waals surface area contributed by atoms with E-state index in [1.165, 1.54) is 18.1 Å². The van der Waals surface area contributed by atoms with Gasteiger partial charge in [-0.05, 0) is 84.0 Å². The summed E-state index contributed by atoms with van der Waals surface area (Å²) in [5.41, 5.74) is 3.93. The molecule has 2 aromatic carbocycles. The van der Waals surface area contributed by atoms with Crippen molar-refractivity contribution in [1.29, 1.82) is 0 Å². The first-order chi connectivity index (χ1) is 20.8. The zero-order valence-corrected chi connectivity index (χ0v) is 24.5. The zero-order chi connectivity index (χ0) is 30.3. The Morgan fingerprint density at radius 2 is 2.02 bits per heavy atom. The lowest BCUT2D eigenvalue weighted by atomic mass is 9.96. The number of carbonyl (C=O) groups excluding carboxylic acids is 3. The van der Waals surface area contributed by atoms with Crippen molar-refractivity contribution in [2.45, 2.75) is 51.5 Å². The second-order valence-electron chi connectivity index (χ2n) is 10.5. The molecule has 0 fully saturated rings. The maximum atomic E-state index is 13.3. The SMILES string of the molecule is COC(=O)Nc1ccc2c(c1)NC(=O)CCC(C)CCC(NC(=O)CCc1cc(Cl)ccc1-n1cnnn1)c1ncc-2[nH]1. The molecule has 2 aromatic heterocycles. The lowest BCUT2D eigenvalue weighted by Gasteiger charge is -2.19. The van der Waals surface area contributed by atoms with Crippen LogP contribution >= 0.6 is 11.6 Å². The number of ether oxygens (including phenoxy) is 1. The minimum absolute atomic E-state index is 0.130. The summed E-state index contributed by atoms with van der Waals surface area (Å²) < 4.78 is 6.23. The summed E-state index contributed by atoms with van der Waals surface area (Å²) in [6.07, 6.45) is 5.63. The van der Waals surface area contributed by atoms with E-state index in [-0.39, 0.29) is 30.2 Å². The fourth-order valence-electron chi connectivity index (χ4n) is 5.01. The smallest absolute Gasteiger partial charge is 0.411 e. The molecule has 0 saturated carbocycles. The van der Waals surface area contributed by atoms with Crippen LogP contribution in [0.15, 0.2) is 48.9 Å². The van der Waals surface area contributed by atoms with Crippen molar-refractivity contribution >= 4 is 40.9 Å². The fraction of sp³-hybridized carbons (Fsp3) is 0.345. The van der Waals surface area contributed by atoms with Crippen molar-refractivity contribution in [3.8, 4) is 16.9 Å². The van der Waals surface area contributed by atoms with Crippen molar-refractivity contribution in [2.24, 2.45) is 5.92 Å². The average molecular weight is 606 g/mol. The number of hydrogen-bond donors (Lipinski definition) is 4. The highest BCUT2D eigenvalue weighted by Crippen LogP contribution is 2.32. The van der Waals surface area contributed by atoms with Crippen LogP contribution in [0.2, 0.25) is 5.02 Å². The molecule has 2 unspecified atom stereocenters. The Morgan fingerprint density at radius 1 is 1.16 bits per heavy atom. The number of amides is 3. The van der Waals surface area contributed by atoms with Gasteiger partial charge in [-0.2, -0.15) is 0 Å². The number of benzene rings is 2. The van der Waals surface area contributed by atoms with Gasteiger partial charge in [0.1, 0.15) is 12.2 Å². The number of anilines is 2. The molecule has 1 aliphatic rings. The number of nitrogens with zero attached hydrogens (tertiary/aromatic N) is 5. The summed E-state index contributed by atoms with van der Waals surface area (Å²) in [5.74, 6) is 0.575. The van der Waals surface area contributed by atoms with Crippen LogP contribution in [0.25, 0.3) is 16.9 Å². The summed E-state index contributed by atoms with van der Waals surface area (Å²) in [4.78, 5) is 45.8. The van der Waals surface area contributed by atoms with E-state index < -0.39 is 6.09 Å². The van der Waals surface area contributed by atoms with Crippen LogP contribution in [0, 0.1) is 5.92 Å². The van der Waals surface area contributed by atoms with Crippen LogP contribution in [0.1, 0.15) is 56.5 Å². The number of aromatic nitrogens is 6. The van der Waals surface area contributed by atoms with Crippen LogP contribution in [0.3, 0.4) is 0 Å². The number of carbonyl (C=O) groups is 3. The Hall–Kier alpha value is -4.78. The number of halogens is 1. The topological polar surface area (TPSA) is 169 Å². The third-order valence-corrected chi connectivity index (χ3v) is 7.58. The van der Waals surface area contributed by atoms with Gasteiger partial charge >= 0.3 is 6.09 Å². The monoisotopic (exact) mass is 605 g/mol. The first-order valence-corrected chi connectivity index (χ1v) is 14.3. The molecule has 3 amide bonds. The molecule has 224 valence electrons. The van der Waals surface area contributed by atoms with Crippen LogP contribution in [0.4, 0.5) is 16.2 Å². The molecule has 2 bridgehead atoms. The minimum atomic E-state index is -0.617. The molecule has 3 heterocycles. The molecule has 0 radical (unpaired) electrons. The quantitative estimate of drug-likeness (QED) is 0.242. The van der Waals surface area contributed by atoms with E-state index in [0.717, 1.165) is 17.7 Å². The molecule has 5 rings (SSSR count). The van der Waals surface area contributed by atoms with Gasteiger partial charge < -0.3 is 20.4 Å². The largest absolute Gasteiger partial charge is 0.453 e. The van der Waals surface area contributed by atoms with Crippen LogP contribution in [0.5, 0.6) is 0 Å². The summed E-state index contributed by atoms with van der Waals surface area (Å²) in [6, 6.07) is 10.2. The highest BCUT2D eigenvalue weighted by Gasteiger charge is 2.22. The molecule has 4 aromatic rings. The highest BCUT2D eigenvalue weighted by molar-refractivity contribution is 6.30. The molecule has 1 aliphatic heterocycles. The van der Waals surface area contributed by atoms with E-state index in [1.807, 2.05) is 12.1 Å². The van der Waals surface area contributed by atoms with E-state index in [0.29, 0.717) is 59.2 Å². The number of fused-ring (bicyclic) bond motifs is 4. The Balaban J connectivity index is 1.36. The van der Waals surface area contributed by atoms with Gasteiger partial charge in [-0.3, -0.25) is 14.9 Å². The number of aromatic amines is 1. The summed E-state index contributed by atoms with van der Waals surface area (Å²) >= 11 is 6.25. The van der Waals surface area contributed by atoms with Gasteiger partial charge in [0.05, 0.1) is 36.4 Å². The first kappa shape index (κ1) is 29.7. The highest BCUT2D eigenvalue weighted by atomic mass is 35.5. The molecule has 14 heteroatoms. The third kappa shape index (κ3) is 7.55. The number of methoxy groups -OCH3 is 1. The standard InChI is InChI=1S/C29H32ClN9O4/c1-17-3-9-22(34-27(41)12-5-18-13-19(30)6-10-25(18)39-16-32-37-38-39)28-31-15-24(36-28)21-8-7-20(33-29(42)43-2)14-23(21)35-26(40)11-4-17/h6-8,10,13-17,22H,3-5,9,11-12H2,1-2H3,(H,31,36)(H,33,42)(H,34,41)(H,35,40).